The van der Waals surface area contributed by atoms with E-state index in [9.17, 15) is 4.79 Å². The molecule has 0 radical (unpaired) electrons. The third kappa shape index (κ3) is 4.55. The molecule has 1 atom stereocenters. The summed E-state index contributed by atoms with van der Waals surface area (Å²) in [5.41, 5.74) is 0.984. The van der Waals surface area contributed by atoms with Crippen LogP contribution in [0.15, 0.2) is 42.5 Å². The second-order valence-corrected chi connectivity index (χ2v) is 5.54. The lowest BCUT2D eigenvalue weighted by atomic mass is 10.0. The van der Waals surface area contributed by atoms with Gasteiger partial charge in [-0.15, -0.1) is 0 Å². The Bertz CT molecular complexity index is 619. The fourth-order valence-electron chi connectivity index (χ4n) is 2.36. The van der Waals surface area contributed by atoms with Crippen LogP contribution in [-0.4, -0.2) is 44.7 Å². The molecule has 2 rings (SSSR count). The molecule has 0 aromatic heterocycles. The van der Waals surface area contributed by atoms with Gasteiger partial charge in [-0.2, -0.15) is 0 Å². The van der Waals surface area contributed by atoms with Crippen molar-refractivity contribution >= 4 is 16.7 Å². The van der Waals surface area contributed by atoms with Crippen molar-refractivity contribution in [3.05, 3.63) is 48.0 Å². The average Bonchev–Trinajstić information content (AvgIpc) is 2.49. The molecular formula is C18H23NO3. The Morgan fingerprint density at radius 3 is 2.59 bits per heavy atom. The van der Waals surface area contributed by atoms with Crippen LogP contribution in [0, 0.1) is 0 Å². The second kappa shape index (κ2) is 7.92. The van der Waals surface area contributed by atoms with Gasteiger partial charge in [0.15, 0.2) is 6.10 Å². The maximum Gasteiger partial charge on any atom is 0.303 e. The molecule has 0 saturated carbocycles. The largest absolute Gasteiger partial charge is 0.455 e. The molecule has 0 bridgehead atoms. The maximum atomic E-state index is 11.4. The predicted octanol–water partition coefficient (Wildman–Crippen LogP) is 3.02. The van der Waals surface area contributed by atoms with E-state index in [0.717, 1.165) is 22.9 Å². The van der Waals surface area contributed by atoms with Crippen LogP contribution in [0.5, 0.6) is 0 Å². The van der Waals surface area contributed by atoms with Crippen molar-refractivity contribution < 1.29 is 14.3 Å². The number of hydrogen-bond acceptors (Lipinski definition) is 4. The van der Waals surface area contributed by atoms with E-state index in [2.05, 4.69) is 17.0 Å². The molecule has 0 fully saturated rings. The van der Waals surface area contributed by atoms with Crippen LogP contribution in [0.25, 0.3) is 10.8 Å². The molecule has 2 aromatic rings. The topological polar surface area (TPSA) is 38.8 Å². The van der Waals surface area contributed by atoms with Gasteiger partial charge < -0.3 is 14.4 Å². The average molecular weight is 301 g/mol. The number of likely N-dealkylation sites (N-methyl/N-ethyl adjacent to an activating group) is 1. The maximum absolute atomic E-state index is 11.4. The SMILES string of the molecule is CC(=O)OC(COCCN(C)C)c1cccc2ccccc12. The molecule has 0 saturated heterocycles. The van der Waals surface area contributed by atoms with Crippen LogP contribution in [0.3, 0.4) is 0 Å². The fourth-order valence-corrected chi connectivity index (χ4v) is 2.36. The highest BCUT2D eigenvalue weighted by Crippen LogP contribution is 2.27. The number of nitrogens with zero attached hydrogens (tertiary/aromatic N) is 1. The lowest BCUT2D eigenvalue weighted by Crippen LogP contribution is -2.21. The van der Waals surface area contributed by atoms with Crippen LogP contribution in [0.1, 0.15) is 18.6 Å². The van der Waals surface area contributed by atoms with Crippen LogP contribution >= 0.6 is 0 Å². The Balaban J connectivity index is 2.18. The molecule has 22 heavy (non-hydrogen) atoms. The lowest BCUT2D eigenvalue weighted by Gasteiger charge is -2.20. The highest BCUT2D eigenvalue weighted by Gasteiger charge is 2.17. The number of esters is 1. The molecule has 118 valence electrons. The first kappa shape index (κ1) is 16.5. The number of ether oxygens (including phenoxy) is 2. The minimum absolute atomic E-state index is 0.297. The summed E-state index contributed by atoms with van der Waals surface area (Å²) in [4.78, 5) is 13.5. The van der Waals surface area contributed by atoms with Crippen molar-refractivity contribution in [2.24, 2.45) is 0 Å². The van der Waals surface area contributed by atoms with Gasteiger partial charge in [0.05, 0.1) is 13.2 Å². The van der Waals surface area contributed by atoms with E-state index in [4.69, 9.17) is 9.47 Å². The number of benzene rings is 2. The third-order valence-corrected chi connectivity index (χ3v) is 3.43. The molecule has 1 unspecified atom stereocenters. The summed E-state index contributed by atoms with van der Waals surface area (Å²) >= 11 is 0. The Labute approximate surface area is 131 Å². The Morgan fingerprint density at radius 1 is 1.14 bits per heavy atom. The van der Waals surface area contributed by atoms with Gasteiger partial charge in [0.25, 0.3) is 0 Å². The molecule has 0 aliphatic rings. The van der Waals surface area contributed by atoms with Crippen LogP contribution in [-0.2, 0) is 14.3 Å². The second-order valence-electron chi connectivity index (χ2n) is 5.54. The molecule has 0 heterocycles. The highest BCUT2D eigenvalue weighted by atomic mass is 16.6. The standard InChI is InChI=1S/C18H23NO3/c1-14(20)22-18(13-21-12-11-19(2)3)17-10-6-8-15-7-4-5-9-16(15)17/h4-10,18H,11-13H2,1-3H3. The summed E-state index contributed by atoms with van der Waals surface area (Å²) in [6, 6.07) is 14.1. The van der Waals surface area contributed by atoms with Crippen LogP contribution < -0.4 is 0 Å². The van der Waals surface area contributed by atoms with E-state index < -0.39 is 0 Å². The Morgan fingerprint density at radius 2 is 1.86 bits per heavy atom. The van der Waals surface area contributed by atoms with Gasteiger partial charge >= 0.3 is 5.97 Å². The number of hydrogen-bond donors (Lipinski definition) is 0. The van der Waals surface area contributed by atoms with Crippen molar-refractivity contribution in [1.82, 2.24) is 4.90 Å². The normalized spacial score (nSPS) is 12.5. The fraction of sp³-hybridized carbons (Fsp3) is 0.389. The number of carbonyl (C=O) groups excluding carboxylic acids is 1. The zero-order valence-electron chi connectivity index (χ0n) is 13.4. The molecular weight excluding hydrogens is 278 g/mol. The van der Waals surface area contributed by atoms with Gasteiger partial charge in [-0.1, -0.05) is 42.5 Å². The summed E-state index contributed by atoms with van der Waals surface area (Å²) in [5.74, 6) is -0.297. The van der Waals surface area contributed by atoms with Crippen molar-refractivity contribution in [2.45, 2.75) is 13.0 Å². The van der Waals surface area contributed by atoms with E-state index in [1.165, 1.54) is 6.92 Å². The first-order valence-corrected chi connectivity index (χ1v) is 7.45. The van der Waals surface area contributed by atoms with Crippen LogP contribution in [0.2, 0.25) is 0 Å². The van der Waals surface area contributed by atoms with Crippen molar-refractivity contribution in [3.63, 3.8) is 0 Å². The van der Waals surface area contributed by atoms with Gasteiger partial charge in [-0.05, 0) is 24.9 Å². The molecule has 2 aromatic carbocycles. The minimum Gasteiger partial charge on any atom is -0.455 e. The van der Waals surface area contributed by atoms with Gasteiger partial charge in [0.2, 0.25) is 0 Å². The predicted molar refractivity (Wildman–Crippen MR) is 87.8 cm³/mol. The molecule has 0 aliphatic carbocycles. The van der Waals surface area contributed by atoms with Gasteiger partial charge in [-0.25, -0.2) is 0 Å². The summed E-state index contributed by atoms with van der Waals surface area (Å²) < 4.78 is 11.2. The van der Waals surface area contributed by atoms with Crippen molar-refractivity contribution in [3.8, 4) is 0 Å². The number of fused-ring (bicyclic) bond motifs is 1. The summed E-state index contributed by atoms with van der Waals surface area (Å²) in [6.45, 7) is 3.23. The Kier molecular flexibility index (Phi) is 5.92. The monoisotopic (exact) mass is 301 g/mol. The first-order chi connectivity index (χ1) is 10.6. The number of rotatable bonds is 7. The van der Waals surface area contributed by atoms with E-state index >= 15 is 0 Å². The van der Waals surface area contributed by atoms with Gasteiger partial charge in [0, 0.05) is 19.0 Å². The molecule has 0 N–H and O–H groups in total. The summed E-state index contributed by atoms with van der Waals surface area (Å²) in [7, 11) is 4.00. The molecule has 4 heteroatoms. The van der Waals surface area contributed by atoms with E-state index in [-0.39, 0.29) is 12.1 Å². The molecule has 0 spiro atoms. The molecule has 0 aliphatic heterocycles. The first-order valence-electron chi connectivity index (χ1n) is 7.45. The quantitative estimate of drug-likeness (QED) is 0.582. The zero-order valence-corrected chi connectivity index (χ0v) is 13.4. The number of carbonyl (C=O) groups is 1. The van der Waals surface area contributed by atoms with Gasteiger partial charge in [0.1, 0.15) is 0 Å². The van der Waals surface area contributed by atoms with Crippen molar-refractivity contribution in [2.75, 3.05) is 33.9 Å². The van der Waals surface area contributed by atoms with E-state index in [1.54, 1.807) is 0 Å². The van der Waals surface area contributed by atoms with E-state index in [1.807, 2.05) is 44.4 Å². The van der Waals surface area contributed by atoms with E-state index in [0.29, 0.717) is 13.2 Å². The van der Waals surface area contributed by atoms with Gasteiger partial charge in [-0.3, -0.25) is 4.79 Å². The molecule has 4 nitrogen and oxygen atoms in total. The highest BCUT2D eigenvalue weighted by molar-refractivity contribution is 5.86. The summed E-state index contributed by atoms with van der Waals surface area (Å²) in [6.07, 6.45) is -0.384. The lowest BCUT2D eigenvalue weighted by molar-refractivity contribution is -0.149. The zero-order chi connectivity index (χ0) is 15.9. The molecule has 0 amide bonds. The Hall–Kier alpha value is -1.91. The van der Waals surface area contributed by atoms with Crippen molar-refractivity contribution in [1.29, 1.82) is 0 Å². The third-order valence-electron chi connectivity index (χ3n) is 3.43. The summed E-state index contributed by atoms with van der Waals surface area (Å²) in [5, 5.41) is 2.22. The minimum atomic E-state index is -0.384. The smallest absolute Gasteiger partial charge is 0.303 e. The van der Waals surface area contributed by atoms with Crippen LogP contribution in [0.4, 0.5) is 0 Å².